The second-order valence-electron chi connectivity index (χ2n) is 5.33. The SMILES string of the molecule is COC(=O)c1cc(CNC(=O)c2cc(C)no2)n2c1CNCC2. The minimum atomic E-state index is -0.374. The van der Waals surface area contributed by atoms with E-state index in [0.717, 1.165) is 24.5 Å². The van der Waals surface area contributed by atoms with Crippen molar-refractivity contribution in [2.24, 2.45) is 0 Å². The largest absolute Gasteiger partial charge is 0.465 e. The van der Waals surface area contributed by atoms with E-state index >= 15 is 0 Å². The molecule has 8 heteroatoms. The van der Waals surface area contributed by atoms with Crippen LogP contribution in [0.4, 0.5) is 0 Å². The van der Waals surface area contributed by atoms with Crippen LogP contribution in [0.15, 0.2) is 16.7 Å². The first kappa shape index (κ1) is 15.3. The minimum absolute atomic E-state index is 0.169. The fraction of sp³-hybridized carbons (Fsp3) is 0.400. The molecule has 1 aliphatic rings. The smallest absolute Gasteiger partial charge is 0.339 e. The second kappa shape index (κ2) is 6.25. The number of rotatable bonds is 4. The van der Waals surface area contributed by atoms with E-state index in [9.17, 15) is 9.59 Å². The van der Waals surface area contributed by atoms with Crippen molar-refractivity contribution in [2.75, 3.05) is 13.7 Å². The number of hydrogen-bond donors (Lipinski definition) is 2. The molecule has 2 N–H and O–H groups in total. The molecule has 0 aliphatic carbocycles. The third kappa shape index (κ3) is 2.98. The van der Waals surface area contributed by atoms with Gasteiger partial charge < -0.3 is 24.5 Å². The predicted molar refractivity (Wildman–Crippen MR) is 79.9 cm³/mol. The van der Waals surface area contributed by atoms with Crippen LogP contribution < -0.4 is 10.6 Å². The molecular formula is C15H18N4O4. The Hall–Kier alpha value is -2.61. The number of carbonyl (C=O) groups is 2. The van der Waals surface area contributed by atoms with Crippen molar-refractivity contribution >= 4 is 11.9 Å². The molecule has 0 spiro atoms. The zero-order valence-electron chi connectivity index (χ0n) is 13.0. The molecule has 2 aromatic heterocycles. The minimum Gasteiger partial charge on any atom is -0.465 e. The number of aromatic nitrogens is 2. The molecule has 0 saturated heterocycles. The summed E-state index contributed by atoms with van der Waals surface area (Å²) in [5, 5.41) is 9.70. The van der Waals surface area contributed by atoms with E-state index in [0.29, 0.717) is 24.3 Å². The lowest BCUT2D eigenvalue weighted by Crippen LogP contribution is -2.31. The molecule has 0 fully saturated rings. The van der Waals surface area contributed by atoms with Gasteiger partial charge in [-0.1, -0.05) is 5.16 Å². The summed E-state index contributed by atoms with van der Waals surface area (Å²) in [6.45, 7) is 4.19. The Morgan fingerprint density at radius 3 is 3.00 bits per heavy atom. The molecule has 0 aromatic carbocycles. The van der Waals surface area contributed by atoms with Crippen LogP contribution in [0.5, 0.6) is 0 Å². The number of esters is 1. The Morgan fingerprint density at radius 1 is 1.48 bits per heavy atom. The Bertz CT molecular complexity index is 747. The second-order valence-corrected chi connectivity index (χ2v) is 5.33. The van der Waals surface area contributed by atoms with Crippen molar-refractivity contribution in [3.8, 4) is 0 Å². The summed E-state index contributed by atoms with van der Waals surface area (Å²) in [6.07, 6.45) is 0. The number of nitrogens with zero attached hydrogens (tertiary/aromatic N) is 2. The number of methoxy groups -OCH3 is 1. The molecular weight excluding hydrogens is 300 g/mol. The Labute approximate surface area is 132 Å². The lowest BCUT2D eigenvalue weighted by atomic mass is 10.2. The Kier molecular flexibility index (Phi) is 4.16. The lowest BCUT2D eigenvalue weighted by molar-refractivity contribution is 0.0598. The average molecular weight is 318 g/mol. The van der Waals surface area contributed by atoms with Gasteiger partial charge in [-0.3, -0.25) is 4.79 Å². The molecule has 1 amide bonds. The summed E-state index contributed by atoms with van der Waals surface area (Å²) >= 11 is 0. The van der Waals surface area contributed by atoms with Gasteiger partial charge in [-0.05, 0) is 13.0 Å². The highest BCUT2D eigenvalue weighted by Gasteiger charge is 2.23. The molecule has 0 atom stereocenters. The van der Waals surface area contributed by atoms with E-state index in [-0.39, 0.29) is 17.6 Å². The van der Waals surface area contributed by atoms with Gasteiger partial charge in [0.05, 0.1) is 24.9 Å². The maximum Gasteiger partial charge on any atom is 0.339 e. The Balaban J connectivity index is 1.78. The highest BCUT2D eigenvalue weighted by Crippen LogP contribution is 2.20. The highest BCUT2D eigenvalue weighted by molar-refractivity contribution is 5.92. The summed E-state index contributed by atoms with van der Waals surface area (Å²) in [7, 11) is 1.36. The molecule has 1 aliphatic heterocycles. The van der Waals surface area contributed by atoms with Gasteiger partial charge in [0.15, 0.2) is 0 Å². The molecule has 0 radical (unpaired) electrons. The standard InChI is InChI=1S/C15H18N4O4/c1-9-5-13(23-18-9)14(20)17-7-10-6-11(15(21)22-2)12-8-16-3-4-19(10)12/h5-6,16H,3-4,7-8H2,1-2H3,(H,17,20). The van der Waals surface area contributed by atoms with E-state index in [1.807, 2.05) is 4.57 Å². The van der Waals surface area contributed by atoms with Crippen LogP contribution >= 0.6 is 0 Å². The predicted octanol–water partition coefficient (Wildman–Crippen LogP) is 0.604. The molecule has 0 bridgehead atoms. The third-order valence-corrected chi connectivity index (χ3v) is 3.79. The first-order valence-electron chi connectivity index (χ1n) is 7.32. The summed E-state index contributed by atoms with van der Waals surface area (Å²) in [5.41, 5.74) is 2.91. The van der Waals surface area contributed by atoms with Gasteiger partial charge in [-0.15, -0.1) is 0 Å². The zero-order valence-corrected chi connectivity index (χ0v) is 13.0. The molecule has 23 heavy (non-hydrogen) atoms. The van der Waals surface area contributed by atoms with E-state index in [2.05, 4.69) is 15.8 Å². The van der Waals surface area contributed by atoms with Crippen LogP contribution in [-0.4, -0.2) is 35.3 Å². The monoisotopic (exact) mass is 318 g/mol. The fourth-order valence-corrected chi connectivity index (χ4v) is 2.68. The number of fused-ring (bicyclic) bond motifs is 1. The number of ether oxygens (including phenoxy) is 1. The summed E-state index contributed by atoms with van der Waals surface area (Å²) in [4.78, 5) is 23.9. The maximum atomic E-state index is 12.0. The van der Waals surface area contributed by atoms with Crippen LogP contribution in [0.3, 0.4) is 0 Å². The van der Waals surface area contributed by atoms with Crippen LogP contribution in [0.1, 0.15) is 38.0 Å². The summed E-state index contributed by atoms with van der Waals surface area (Å²) < 4.78 is 11.8. The summed E-state index contributed by atoms with van der Waals surface area (Å²) in [6, 6.07) is 3.34. The van der Waals surface area contributed by atoms with Crippen molar-refractivity contribution in [3.05, 3.63) is 40.5 Å². The molecule has 2 aromatic rings. The fourth-order valence-electron chi connectivity index (χ4n) is 2.68. The first-order chi connectivity index (χ1) is 11.1. The van der Waals surface area contributed by atoms with Gasteiger partial charge in [0.1, 0.15) is 0 Å². The number of amides is 1. The van der Waals surface area contributed by atoms with E-state index in [1.54, 1.807) is 19.1 Å². The topological polar surface area (TPSA) is 98.4 Å². The van der Waals surface area contributed by atoms with Gasteiger partial charge in [-0.25, -0.2) is 4.79 Å². The van der Waals surface area contributed by atoms with E-state index in [4.69, 9.17) is 9.26 Å². The summed E-state index contributed by atoms with van der Waals surface area (Å²) in [5.74, 6) is -0.543. The number of nitrogens with one attached hydrogen (secondary N) is 2. The van der Waals surface area contributed by atoms with E-state index in [1.165, 1.54) is 7.11 Å². The van der Waals surface area contributed by atoms with Gasteiger partial charge in [-0.2, -0.15) is 0 Å². The van der Waals surface area contributed by atoms with Crippen molar-refractivity contribution in [1.82, 2.24) is 20.4 Å². The number of hydrogen-bond acceptors (Lipinski definition) is 6. The third-order valence-electron chi connectivity index (χ3n) is 3.79. The van der Waals surface area contributed by atoms with Crippen molar-refractivity contribution in [3.63, 3.8) is 0 Å². The number of aryl methyl sites for hydroxylation is 1. The van der Waals surface area contributed by atoms with Crippen molar-refractivity contribution in [2.45, 2.75) is 26.6 Å². The maximum absolute atomic E-state index is 12.0. The molecule has 122 valence electrons. The molecule has 8 nitrogen and oxygen atoms in total. The molecule has 3 heterocycles. The first-order valence-corrected chi connectivity index (χ1v) is 7.32. The van der Waals surface area contributed by atoms with Crippen LogP contribution in [0.2, 0.25) is 0 Å². The van der Waals surface area contributed by atoms with E-state index < -0.39 is 0 Å². The van der Waals surface area contributed by atoms with Crippen LogP contribution in [0, 0.1) is 6.92 Å². The quantitative estimate of drug-likeness (QED) is 0.801. The van der Waals surface area contributed by atoms with Crippen LogP contribution in [0.25, 0.3) is 0 Å². The lowest BCUT2D eigenvalue weighted by Gasteiger charge is -2.20. The normalized spacial score (nSPS) is 13.5. The van der Waals surface area contributed by atoms with Crippen molar-refractivity contribution in [1.29, 1.82) is 0 Å². The van der Waals surface area contributed by atoms with Gasteiger partial charge in [0, 0.05) is 37.1 Å². The van der Waals surface area contributed by atoms with Gasteiger partial charge >= 0.3 is 5.97 Å². The molecule has 0 saturated carbocycles. The average Bonchev–Trinajstić information content (AvgIpc) is 3.16. The molecule has 0 unspecified atom stereocenters. The van der Waals surface area contributed by atoms with Crippen molar-refractivity contribution < 1.29 is 18.8 Å². The van der Waals surface area contributed by atoms with Gasteiger partial charge in [0.25, 0.3) is 5.91 Å². The number of carbonyl (C=O) groups excluding carboxylic acids is 2. The Morgan fingerprint density at radius 2 is 2.30 bits per heavy atom. The molecule has 3 rings (SSSR count). The zero-order chi connectivity index (χ0) is 16.4. The van der Waals surface area contributed by atoms with Crippen LogP contribution in [-0.2, 0) is 24.4 Å². The van der Waals surface area contributed by atoms with Gasteiger partial charge in [0.2, 0.25) is 5.76 Å². The highest BCUT2D eigenvalue weighted by atomic mass is 16.5.